The summed E-state index contributed by atoms with van der Waals surface area (Å²) in [6.07, 6.45) is 0.924. The van der Waals surface area contributed by atoms with Crippen molar-refractivity contribution < 1.29 is 14.3 Å². The predicted octanol–water partition coefficient (Wildman–Crippen LogP) is 4.82. The van der Waals surface area contributed by atoms with Crippen LogP contribution in [0.25, 0.3) is 22.4 Å². The van der Waals surface area contributed by atoms with Gasteiger partial charge < -0.3 is 19.9 Å². The number of hydrogen-bond donors (Lipinski definition) is 2. The topological polar surface area (TPSA) is 87.3 Å². The number of amides is 2. The molecule has 0 atom stereocenters. The van der Waals surface area contributed by atoms with Crippen LogP contribution in [0.15, 0.2) is 48.5 Å². The van der Waals surface area contributed by atoms with Crippen LogP contribution in [0.3, 0.4) is 0 Å². The lowest BCUT2D eigenvalue weighted by molar-refractivity contribution is -0.121. The van der Waals surface area contributed by atoms with Crippen LogP contribution in [0.5, 0.6) is 0 Å². The van der Waals surface area contributed by atoms with Crippen LogP contribution >= 0.6 is 0 Å². The first-order valence-electron chi connectivity index (χ1n) is 10.6. The second kappa shape index (κ2) is 8.41. The van der Waals surface area contributed by atoms with Crippen LogP contribution in [-0.2, 0) is 9.53 Å². The van der Waals surface area contributed by atoms with Gasteiger partial charge in [-0.15, -0.1) is 0 Å². The Labute approximate surface area is 181 Å². The van der Waals surface area contributed by atoms with Gasteiger partial charge >= 0.3 is 6.09 Å². The molecule has 2 aromatic carbocycles. The van der Waals surface area contributed by atoms with Crippen LogP contribution in [0.2, 0.25) is 0 Å². The fourth-order valence-corrected chi connectivity index (χ4v) is 3.73. The molecule has 1 aliphatic heterocycles. The molecule has 1 saturated heterocycles. The van der Waals surface area contributed by atoms with Crippen molar-refractivity contribution in [3.8, 4) is 11.4 Å². The molecule has 0 saturated carbocycles. The Kier molecular flexibility index (Phi) is 5.67. The van der Waals surface area contributed by atoms with Crippen molar-refractivity contribution >= 4 is 28.7 Å². The minimum Gasteiger partial charge on any atom is -0.444 e. The smallest absolute Gasteiger partial charge is 0.410 e. The molecule has 1 aliphatic rings. The average molecular weight is 421 g/mol. The van der Waals surface area contributed by atoms with E-state index in [9.17, 15) is 9.59 Å². The van der Waals surface area contributed by atoms with Gasteiger partial charge in [-0.25, -0.2) is 9.78 Å². The minimum absolute atomic E-state index is 0.0226. The Bertz CT molecular complexity index is 1060. The van der Waals surface area contributed by atoms with Crippen LogP contribution in [-0.4, -0.2) is 45.6 Å². The molecule has 4 rings (SSSR count). The molecule has 0 radical (unpaired) electrons. The van der Waals surface area contributed by atoms with Crippen molar-refractivity contribution in [2.24, 2.45) is 5.92 Å². The molecule has 2 heterocycles. The summed E-state index contributed by atoms with van der Waals surface area (Å²) < 4.78 is 5.42. The lowest BCUT2D eigenvalue weighted by atomic mass is 9.96. The predicted molar refractivity (Wildman–Crippen MR) is 121 cm³/mol. The third-order valence-corrected chi connectivity index (χ3v) is 5.31. The first-order chi connectivity index (χ1) is 14.8. The summed E-state index contributed by atoms with van der Waals surface area (Å²) in [6.45, 7) is 6.59. The zero-order valence-corrected chi connectivity index (χ0v) is 18.1. The monoisotopic (exact) mass is 420 g/mol. The first-order valence-corrected chi connectivity index (χ1v) is 10.6. The van der Waals surface area contributed by atoms with E-state index in [2.05, 4.69) is 15.3 Å². The molecular weight excluding hydrogens is 392 g/mol. The molecule has 1 aromatic heterocycles. The number of para-hydroxylation sites is 2. The summed E-state index contributed by atoms with van der Waals surface area (Å²) in [4.78, 5) is 34.6. The number of carbonyl (C=O) groups excluding carboxylic acids is 2. The van der Waals surface area contributed by atoms with Gasteiger partial charge in [-0.1, -0.05) is 24.3 Å². The highest BCUT2D eigenvalue weighted by Gasteiger charge is 2.30. The summed E-state index contributed by atoms with van der Waals surface area (Å²) in [5.74, 6) is 0.613. The third-order valence-electron chi connectivity index (χ3n) is 5.31. The van der Waals surface area contributed by atoms with Gasteiger partial charge in [-0.3, -0.25) is 4.79 Å². The number of benzene rings is 2. The number of fused-ring (bicyclic) bond motifs is 1. The van der Waals surface area contributed by atoms with Crippen molar-refractivity contribution in [3.05, 3.63) is 48.5 Å². The number of imidazole rings is 1. The number of aromatic nitrogens is 2. The zero-order chi connectivity index (χ0) is 22.0. The van der Waals surface area contributed by atoms with Crippen LogP contribution in [0.4, 0.5) is 10.5 Å². The van der Waals surface area contributed by atoms with Gasteiger partial charge in [0.05, 0.1) is 11.0 Å². The number of carbonyl (C=O) groups is 2. The fourth-order valence-electron chi connectivity index (χ4n) is 3.73. The third kappa shape index (κ3) is 5.05. The zero-order valence-electron chi connectivity index (χ0n) is 18.1. The van der Waals surface area contributed by atoms with Gasteiger partial charge in [0.15, 0.2) is 0 Å². The van der Waals surface area contributed by atoms with E-state index in [0.29, 0.717) is 25.9 Å². The van der Waals surface area contributed by atoms with Gasteiger partial charge in [0.2, 0.25) is 5.91 Å². The van der Waals surface area contributed by atoms with E-state index in [1.807, 2.05) is 69.3 Å². The van der Waals surface area contributed by atoms with Crippen molar-refractivity contribution in [2.45, 2.75) is 39.2 Å². The van der Waals surface area contributed by atoms with E-state index in [4.69, 9.17) is 4.74 Å². The number of piperidine rings is 1. The van der Waals surface area contributed by atoms with Crippen molar-refractivity contribution in [3.63, 3.8) is 0 Å². The van der Waals surface area contributed by atoms with Crippen molar-refractivity contribution in [2.75, 3.05) is 18.4 Å². The summed E-state index contributed by atoms with van der Waals surface area (Å²) in [6, 6.07) is 15.5. The maximum atomic E-state index is 12.8. The second-order valence-corrected chi connectivity index (χ2v) is 8.91. The Hall–Kier alpha value is -3.35. The first kappa shape index (κ1) is 20.9. The normalized spacial score (nSPS) is 15.1. The van der Waals surface area contributed by atoms with E-state index in [1.54, 1.807) is 4.90 Å². The number of anilines is 1. The van der Waals surface area contributed by atoms with Crippen LogP contribution < -0.4 is 5.32 Å². The summed E-state index contributed by atoms with van der Waals surface area (Å²) in [7, 11) is 0. The summed E-state index contributed by atoms with van der Waals surface area (Å²) in [5, 5.41) is 3.02. The van der Waals surface area contributed by atoms with Gasteiger partial charge in [-0.05, 0) is 57.9 Å². The van der Waals surface area contributed by atoms with E-state index >= 15 is 0 Å². The van der Waals surface area contributed by atoms with Gasteiger partial charge in [0.1, 0.15) is 11.4 Å². The SMILES string of the molecule is CC(C)(C)OC(=O)N1CCC(C(=O)Nc2cccc(-c3nc4ccccc4[nH]3)c2)CC1. The Morgan fingerprint density at radius 1 is 1.10 bits per heavy atom. The molecule has 0 spiro atoms. The van der Waals surface area contributed by atoms with E-state index in [1.165, 1.54) is 0 Å². The number of ether oxygens (including phenoxy) is 1. The van der Waals surface area contributed by atoms with Crippen LogP contribution in [0, 0.1) is 5.92 Å². The highest BCUT2D eigenvalue weighted by Crippen LogP contribution is 2.25. The highest BCUT2D eigenvalue weighted by atomic mass is 16.6. The lowest BCUT2D eigenvalue weighted by Crippen LogP contribution is -2.43. The maximum Gasteiger partial charge on any atom is 0.410 e. The molecule has 3 aromatic rings. The Balaban J connectivity index is 1.37. The van der Waals surface area contributed by atoms with Crippen molar-refractivity contribution in [1.82, 2.24) is 14.9 Å². The maximum absolute atomic E-state index is 12.8. The quantitative estimate of drug-likeness (QED) is 0.636. The Morgan fingerprint density at radius 2 is 1.84 bits per heavy atom. The average Bonchev–Trinajstić information content (AvgIpc) is 3.17. The molecule has 7 heteroatoms. The molecule has 2 amide bonds. The molecular formula is C24H28N4O3. The van der Waals surface area contributed by atoms with E-state index < -0.39 is 5.60 Å². The molecule has 1 fully saturated rings. The molecule has 7 nitrogen and oxygen atoms in total. The van der Waals surface area contributed by atoms with Crippen molar-refractivity contribution in [1.29, 1.82) is 0 Å². The molecule has 31 heavy (non-hydrogen) atoms. The minimum atomic E-state index is -0.518. The number of hydrogen-bond acceptors (Lipinski definition) is 4. The Morgan fingerprint density at radius 3 is 2.55 bits per heavy atom. The number of aromatic amines is 1. The van der Waals surface area contributed by atoms with Gasteiger partial charge in [0.25, 0.3) is 0 Å². The molecule has 0 unspecified atom stereocenters. The van der Waals surface area contributed by atoms with Crippen LogP contribution in [0.1, 0.15) is 33.6 Å². The summed E-state index contributed by atoms with van der Waals surface area (Å²) in [5.41, 5.74) is 3.01. The van der Waals surface area contributed by atoms with Gasteiger partial charge in [0, 0.05) is 30.3 Å². The fraction of sp³-hybridized carbons (Fsp3) is 0.375. The number of rotatable bonds is 3. The molecule has 2 N–H and O–H groups in total. The second-order valence-electron chi connectivity index (χ2n) is 8.91. The van der Waals surface area contributed by atoms with E-state index in [-0.39, 0.29) is 17.9 Å². The highest BCUT2D eigenvalue weighted by molar-refractivity contribution is 5.93. The van der Waals surface area contributed by atoms with E-state index in [0.717, 1.165) is 28.1 Å². The molecule has 162 valence electrons. The largest absolute Gasteiger partial charge is 0.444 e. The molecule has 0 aliphatic carbocycles. The standard InChI is InChI=1S/C24H28N4O3/c1-24(2,3)31-23(30)28-13-11-16(12-14-28)22(29)25-18-8-6-7-17(15-18)21-26-19-9-4-5-10-20(19)27-21/h4-10,15-16H,11-14H2,1-3H3,(H,25,29)(H,26,27). The lowest BCUT2D eigenvalue weighted by Gasteiger charge is -2.32. The number of likely N-dealkylation sites (tertiary alicyclic amines) is 1. The van der Waals surface area contributed by atoms with Gasteiger partial charge in [-0.2, -0.15) is 0 Å². The number of nitrogens with zero attached hydrogens (tertiary/aromatic N) is 2. The summed E-state index contributed by atoms with van der Waals surface area (Å²) >= 11 is 0. The molecule has 0 bridgehead atoms. The number of nitrogens with one attached hydrogen (secondary N) is 2. The number of H-pyrrole nitrogens is 1.